The Morgan fingerprint density at radius 1 is 0.273 bits per heavy atom. The Morgan fingerprint density at radius 3 is 1.47 bits per heavy atom. The highest BCUT2D eigenvalue weighted by atomic mass is 32.1. The number of hydrogen-bond acceptors (Lipinski definition) is 4. The van der Waals surface area contributed by atoms with E-state index in [0.29, 0.717) is 17.5 Å². The quantitative estimate of drug-likeness (QED) is 0.166. The molecule has 0 spiro atoms. The average Bonchev–Trinajstić information content (AvgIpc) is 3.65. The van der Waals surface area contributed by atoms with E-state index in [4.69, 9.17) is 15.0 Å². The molecule has 0 fully saturated rings. The predicted octanol–water partition coefficient (Wildman–Crippen LogP) is 14.0. The van der Waals surface area contributed by atoms with Crippen molar-refractivity contribution in [2.24, 2.45) is 0 Å². The molecule has 0 aliphatic carbocycles. The van der Waals surface area contributed by atoms with Crippen LogP contribution in [0.5, 0.6) is 0 Å². The van der Waals surface area contributed by atoms with Gasteiger partial charge in [0.25, 0.3) is 0 Å². The molecule has 11 rings (SSSR count). The summed E-state index contributed by atoms with van der Waals surface area (Å²) in [7, 11) is 0. The van der Waals surface area contributed by atoms with Gasteiger partial charge in [-0.3, -0.25) is 0 Å². The summed E-state index contributed by atoms with van der Waals surface area (Å²) in [5, 5.41) is 10.1. The molecule has 0 saturated carbocycles. The molecular formula is C51H31N3S. The lowest BCUT2D eigenvalue weighted by molar-refractivity contribution is 1.07. The van der Waals surface area contributed by atoms with Crippen molar-refractivity contribution < 1.29 is 0 Å². The second-order valence-electron chi connectivity index (χ2n) is 14.0. The van der Waals surface area contributed by atoms with Gasteiger partial charge in [-0.05, 0) is 84.9 Å². The molecule has 4 heteroatoms. The largest absolute Gasteiger partial charge is 0.208 e. The molecule has 0 aliphatic heterocycles. The average molecular weight is 718 g/mol. The molecule has 2 aromatic heterocycles. The van der Waals surface area contributed by atoms with Crippen molar-refractivity contribution in [2.45, 2.75) is 0 Å². The molecule has 11 aromatic rings. The highest BCUT2D eigenvalue weighted by molar-refractivity contribution is 7.26. The third-order valence-corrected chi connectivity index (χ3v) is 11.8. The Balaban J connectivity index is 1.17. The van der Waals surface area contributed by atoms with Crippen molar-refractivity contribution in [3.05, 3.63) is 188 Å². The summed E-state index contributed by atoms with van der Waals surface area (Å²) in [4.78, 5) is 15.5. The number of thiophene rings is 1. The fraction of sp³-hybridized carbons (Fsp3) is 0. The lowest BCUT2D eigenvalue weighted by Gasteiger charge is -2.14. The minimum Gasteiger partial charge on any atom is -0.208 e. The lowest BCUT2D eigenvalue weighted by Crippen LogP contribution is -2.00. The molecule has 9 aromatic carbocycles. The van der Waals surface area contributed by atoms with Gasteiger partial charge in [0.15, 0.2) is 17.5 Å². The monoisotopic (exact) mass is 717 g/mol. The zero-order chi connectivity index (χ0) is 36.3. The topological polar surface area (TPSA) is 38.7 Å². The van der Waals surface area contributed by atoms with Crippen molar-refractivity contribution >= 4 is 63.8 Å². The fourth-order valence-corrected chi connectivity index (χ4v) is 9.28. The molecule has 256 valence electrons. The van der Waals surface area contributed by atoms with Gasteiger partial charge < -0.3 is 0 Å². The van der Waals surface area contributed by atoms with E-state index in [1.54, 1.807) is 0 Å². The highest BCUT2D eigenvalue weighted by Crippen LogP contribution is 2.44. The van der Waals surface area contributed by atoms with Crippen molar-refractivity contribution in [3.8, 4) is 56.4 Å². The van der Waals surface area contributed by atoms with Crippen molar-refractivity contribution in [1.29, 1.82) is 0 Å². The zero-order valence-electron chi connectivity index (χ0n) is 29.6. The Morgan fingerprint density at radius 2 is 0.782 bits per heavy atom. The Labute approximate surface area is 321 Å². The lowest BCUT2D eigenvalue weighted by atomic mass is 9.90. The van der Waals surface area contributed by atoms with Crippen LogP contribution in [0.25, 0.3) is 109 Å². The number of aromatic nitrogens is 3. The zero-order valence-corrected chi connectivity index (χ0v) is 30.5. The van der Waals surface area contributed by atoms with Crippen LogP contribution in [0, 0.1) is 0 Å². The number of fused-ring (bicyclic) bond motifs is 9. The van der Waals surface area contributed by atoms with Crippen LogP contribution in [0.15, 0.2) is 188 Å². The van der Waals surface area contributed by atoms with E-state index in [2.05, 4.69) is 164 Å². The van der Waals surface area contributed by atoms with Gasteiger partial charge in [-0.1, -0.05) is 158 Å². The molecule has 0 atom stereocenters. The standard InChI is InChI=1S/C51H31N3S/c1-3-14-32(15-4-1)34-18-13-19-36(28-34)50-52-49(33-16-5-2-6-17-33)53-51(54-50)37-30-44(48-43-24-11-12-25-46(43)55-47(48)31-37)35-26-27-42-40-22-8-7-20-38(40)39-21-9-10-23-41(39)45(42)29-35/h1-31H. The van der Waals surface area contributed by atoms with E-state index < -0.39 is 0 Å². The van der Waals surface area contributed by atoms with Crippen LogP contribution in [0.2, 0.25) is 0 Å². The SMILES string of the molecule is c1ccc(-c2cccc(-c3nc(-c4ccccc4)nc(-c4cc(-c5ccc6c7ccccc7c7ccccc7c6c5)c5c(c4)sc4ccccc45)n3)c2)cc1. The number of rotatable bonds is 5. The van der Waals surface area contributed by atoms with E-state index >= 15 is 0 Å². The third kappa shape index (κ3) is 5.38. The first-order valence-electron chi connectivity index (χ1n) is 18.5. The summed E-state index contributed by atoms with van der Waals surface area (Å²) < 4.78 is 2.46. The van der Waals surface area contributed by atoms with Crippen LogP contribution in [0.4, 0.5) is 0 Å². The van der Waals surface area contributed by atoms with Crippen molar-refractivity contribution in [1.82, 2.24) is 15.0 Å². The Bertz CT molecular complexity index is 3220. The van der Waals surface area contributed by atoms with Crippen LogP contribution < -0.4 is 0 Å². The van der Waals surface area contributed by atoms with Crippen LogP contribution >= 0.6 is 11.3 Å². The van der Waals surface area contributed by atoms with Gasteiger partial charge in [0.05, 0.1) is 0 Å². The first-order valence-corrected chi connectivity index (χ1v) is 19.3. The first kappa shape index (κ1) is 31.5. The summed E-state index contributed by atoms with van der Waals surface area (Å²) in [5.41, 5.74) is 7.44. The first-order chi connectivity index (χ1) is 27.2. The minimum absolute atomic E-state index is 0.642. The molecule has 0 amide bonds. The molecule has 0 unspecified atom stereocenters. The number of hydrogen-bond donors (Lipinski definition) is 0. The van der Waals surface area contributed by atoms with Gasteiger partial charge in [0.2, 0.25) is 0 Å². The van der Waals surface area contributed by atoms with E-state index in [1.807, 2.05) is 35.6 Å². The normalized spacial score (nSPS) is 11.6. The Kier molecular flexibility index (Phi) is 7.35. The fourth-order valence-electron chi connectivity index (χ4n) is 8.11. The molecule has 2 heterocycles. The van der Waals surface area contributed by atoms with E-state index in [-0.39, 0.29) is 0 Å². The van der Waals surface area contributed by atoms with E-state index in [0.717, 1.165) is 33.4 Å². The number of benzene rings is 9. The molecular weight excluding hydrogens is 687 g/mol. The highest BCUT2D eigenvalue weighted by Gasteiger charge is 2.19. The van der Waals surface area contributed by atoms with Crippen molar-refractivity contribution in [2.75, 3.05) is 0 Å². The van der Waals surface area contributed by atoms with Crippen molar-refractivity contribution in [3.63, 3.8) is 0 Å². The Hall–Kier alpha value is -7.01. The molecule has 0 aliphatic rings. The second-order valence-corrected chi connectivity index (χ2v) is 15.0. The summed E-state index contributed by atoms with van der Waals surface area (Å²) in [6.45, 7) is 0. The van der Waals surface area contributed by atoms with Crippen LogP contribution in [0.1, 0.15) is 0 Å². The summed E-state index contributed by atoms with van der Waals surface area (Å²) in [6.07, 6.45) is 0. The van der Waals surface area contributed by atoms with E-state index in [1.165, 1.54) is 58.1 Å². The maximum atomic E-state index is 5.24. The van der Waals surface area contributed by atoms with Gasteiger partial charge in [-0.15, -0.1) is 11.3 Å². The molecule has 3 nitrogen and oxygen atoms in total. The molecule has 0 N–H and O–H groups in total. The number of nitrogens with zero attached hydrogens (tertiary/aromatic N) is 3. The maximum Gasteiger partial charge on any atom is 0.164 e. The third-order valence-electron chi connectivity index (χ3n) is 10.7. The molecule has 0 saturated heterocycles. The van der Waals surface area contributed by atoms with Crippen LogP contribution in [0.3, 0.4) is 0 Å². The molecule has 0 radical (unpaired) electrons. The van der Waals surface area contributed by atoms with Gasteiger partial charge in [-0.25, -0.2) is 15.0 Å². The van der Waals surface area contributed by atoms with Gasteiger partial charge >= 0.3 is 0 Å². The second kappa shape index (κ2) is 12.8. The summed E-state index contributed by atoms with van der Waals surface area (Å²) in [5.74, 6) is 1.93. The van der Waals surface area contributed by atoms with Crippen LogP contribution in [-0.4, -0.2) is 15.0 Å². The van der Waals surface area contributed by atoms with Gasteiger partial charge in [-0.2, -0.15) is 0 Å². The van der Waals surface area contributed by atoms with Gasteiger partial charge in [0.1, 0.15) is 0 Å². The molecule has 0 bridgehead atoms. The molecule has 55 heavy (non-hydrogen) atoms. The predicted molar refractivity (Wildman–Crippen MR) is 232 cm³/mol. The van der Waals surface area contributed by atoms with E-state index in [9.17, 15) is 0 Å². The van der Waals surface area contributed by atoms with Crippen LogP contribution in [-0.2, 0) is 0 Å². The maximum absolute atomic E-state index is 5.24. The summed E-state index contributed by atoms with van der Waals surface area (Å²) >= 11 is 1.82. The summed E-state index contributed by atoms with van der Waals surface area (Å²) in [6, 6.07) is 66.9. The smallest absolute Gasteiger partial charge is 0.164 e. The van der Waals surface area contributed by atoms with Gasteiger partial charge in [0, 0.05) is 36.9 Å². The minimum atomic E-state index is 0.642.